The molecule has 2 N–H and O–H groups in total. The first-order valence-electron chi connectivity index (χ1n) is 6.19. The summed E-state index contributed by atoms with van der Waals surface area (Å²) in [4.78, 5) is 18.2. The first kappa shape index (κ1) is 14.0. The van der Waals surface area contributed by atoms with Crippen LogP contribution in [-0.2, 0) is 27.8 Å². The van der Waals surface area contributed by atoms with E-state index in [4.69, 9.17) is 0 Å². The van der Waals surface area contributed by atoms with Crippen molar-refractivity contribution in [2.45, 2.75) is 38.8 Å². The molecule has 1 aliphatic heterocycles. The lowest BCUT2D eigenvalue weighted by Crippen LogP contribution is -2.49. The quantitative estimate of drug-likeness (QED) is 0.813. The summed E-state index contributed by atoms with van der Waals surface area (Å²) in [6, 6.07) is -1.06. The van der Waals surface area contributed by atoms with Crippen LogP contribution < -0.4 is 0 Å². The average Bonchev–Trinajstić information content (AvgIpc) is 2.82. The number of aromatic nitrogens is 2. The molecule has 106 valence electrons. The van der Waals surface area contributed by atoms with Crippen LogP contribution >= 0.6 is 0 Å². The van der Waals surface area contributed by atoms with Crippen molar-refractivity contribution >= 4 is 16.0 Å². The number of hydrogen-bond donors (Lipinski definition) is 2. The largest absolute Gasteiger partial charge is 0.480 e. The van der Waals surface area contributed by atoms with Crippen molar-refractivity contribution in [2.24, 2.45) is 0 Å². The number of H-pyrrole nitrogens is 1. The Labute approximate surface area is 111 Å². The van der Waals surface area contributed by atoms with Gasteiger partial charge in [0.25, 0.3) is 0 Å². The van der Waals surface area contributed by atoms with Crippen LogP contribution in [0.5, 0.6) is 0 Å². The van der Waals surface area contributed by atoms with Crippen molar-refractivity contribution < 1.29 is 18.3 Å². The number of nitrogens with one attached hydrogen (secondary N) is 1. The van der Waals surface area contributed by atoms with Crippen molar-refractivity contribution in [3.05, 3.63) is 17.7 Å². The number of hydrogen-bond acceptors (Lipinski definition) is 4. The summed E-state index contributed by atoms with van der Waals surface area (Å²) in [6.07, 6.45) is 2.85. The number of imidazole rings is 1. The van der Waals surface area contributed by atoms with Gasteiger partial charge in [0.1, 0.15) is 6.04 Å². The summed E-state index contributed by atoms with van der Waals surface area (Å²) in [5.74, 6) is -1.15. The molecular weight excluding hydrogens is 270 g/mol. The molecule has 1 aliphatic rings. The van der Waals surface area contributed by atoms with Gasteiger partial charge < -0.3 is 10.1 Å². The number of aromatic amines is 1. The molecule has 0 spiro atoms. The number of carbonyl (C=O) groups is 1. The number of unbranched alkanes of at least 4 members (excludes halogenated alkanes) is 1. The van der Waals surface area contributed by atoms with E-state index >= 15 is 0 Å². The van der Waals surface area contributed by atoms with Crippen LogP contribution in [0.15, 0.2) is 6.33 Å². The highest BCUT2D eigenvalue weighted by molar-refractivity contribution is 7.89. The van der Waals surface area contributed by atoms with Gasteiger partial charge in [-0.2, -0.15) is 4.31 Å². The van der Waals surface area contributed by atoms with E-state index in [-0.39, 0.29) is 18.7 Å². The molecule has 0 fully saturated rings. The fraction of sp³-hybridized carbons (Fsp3) is 0.636. The lowest BCUT2D eigenvalue weighted by Gasteiger charge is -2.31. The number of aliphatic carboxylic acids is 1. The van der Waals surface area contributed by atoms with E-state index < -0.39 is 22.0 Å². The maximum absolute atomic E-state index is 12.2. The Morgan fingerprint density at radius 2 is 2.37 bits per heavy atom. The minimum atomic E-state index is -3.56. The van der Waals surface area contributed by atoms with Gasteiger partial charge in [-0.05, 0) is 6.42 Å². The second kappa shape index (κ2) is 5.30. The molecule has 0 radical (unpaired) electrons. The van der Waals surface area contributed by atoms with Crippen molar-refractivity contribution in [2.75, 3.05) is 5.75 Å². The molecule has 7 nitrogen and oxygen atoms in total. The van der Waals surface area contributed by atoms with Crippen LogP contribution in [0.25, 0.3) is 0 Å². The van der Waals surface area contributed by atoms with Crippen LogP contribution in [0.2, 0.25) is 0 Å². The number of carboxylic acids is 1. The maximum atomic E-state index is 12.2. The van der Waals surface area contributed by atoms with E-state index in [1.54, 1.807) is 0 Å². The van der Waals surface area contributed by atoms with Crippen LogP contribution in [0.1, 0.15) is 31.2 Å². The molecule has 0 amide bonds. The third kappa shape index (κ3) is 2.79. The lowest BCUT2D eigenvalue weighted by molar-refractivity contribution is -0.141. The van der Waals surface area contributed by atoms with Crippen LogP contribution in [0.3, 0.4) is 0 Å². The van der Waals surface area contributed by atoms with Gasteiger partial charge in [-0.25, -0.2) is 13.4 Å². The van der Waals surface area contributed by atoms with Gasteiger partial charge in [-0.1, -0.05) is 13.3 Å². The van der Waals surface area contributed by atoms with E-state index in [9.17, 15) is 18.3 Å². The number of fused-ring (bicyclic) bond motifs is 1. The molecule has 1 aromatic heterocycles. The second-order valence-electron chi connectivity index (χ2n) is 4.60. The zero-order chi connectivity index (χ0) is 14.0. The van der Waals surface area contributed by atoms with E-state index in [2.05, 4.69) is 9.97 Å². The Bertz CT molecular complexity index is 566. The molecule has 1 atom stereocenters. The van der Waals surface area contributed by atoms with E-state index in [0.717, 1.165) is 10.7 Å². The van der Waals surface area contributed by atoms with Gasteiger partial charge in [0.05, 0.1) is 30.0 Å². The SMILES string of the molecule is CCCCS(=O)(=O)N1Cc2[nH]cnc2CC1C(=O)O. The summed E-state index contributed by atoms with van der Waals surface area (Å²) < 4.78 is 25.5. The van der Waals surface area contributed by atoms with Gasteiger partial charge in [0.2, 0.25) is 10.0 Å². The van der Waals surface area contributed by atoms with Gasteiger partial charge in [-0.15, -0.1) is 0 Å². The molecule has 1 unspecified atom stereocenters. The Morgan fingerprint density at radius 1 is 1.63 bits per heavy atom. The topological polar surface area (TPSA) is 103 Å². The van der Waals surface area contributed by atoms with Gasteiger partial charge >= 0.3 is 5.97 Å². The van der Waals surface area contributed by atoms with Gasteiger partial charge in [0.15, 0.2) is 0 Å². The summed E-state index contributed by atoms with van der Waals surface area (Å²) in [6.45, 7) is 1.95. The van der Waals surface area contributed by atoms with Crippen molar-refractivity contribution in [1.82, 2.24) is 14.3 Å². The Morgan fingerprint density at radius 3 is 3.00 bits per heavy atom. The summed E-state index contributed by atoms with van der Waals surface area (Å²) in [5, 5.41) is 9.22. The number of nitrogens with zero attached hydrogens (tertiary/aromatic N) is 2. The number of sulfonamides is 1. The molecule has 0 saturated carbocycles. The number of carboxylic acid groups (broad SMARTS) is 1. The first-order valence-corrected chi connectivity index (χ1v) is 7.80. The fourth-order valence-corrected chi connectivity index (χ4v) is 3.93. The first-order chi connectivity index (χ1) is 8.95. The average molecular weight is 287 g/mol. The number of rotatable bonds is 5. The summed E-state index contributed by atoms with van der Waals surface area (Å²) >= 11 is 0. The molecule has 19 heavy (non-hydrogen) atoms. The highest BCUT2D eigenvalue weighted by Gasteiger charge is 2.39. The molecular formula is C11H17N3O4S. The Balaban J connectivity index is 2.29. The molecule has 0 saturated heterocycles. The second-order valence-corrected chi connectivity index (χ2v) is 6.64. The third-order valence-corrected chi connectivity index (χ3v) is 5.16. The minimum absolute atomic E-state index is 0.0171. The maximum Gasteiger partial charge on any atom is 0.322 e. The van der Waals surface area contributed by atoms with Crippen molar-refractivity contribution in [1.29, 1.82) is 0 Å². The van der Waals surface area contributed by atoms with Crippen LogP contribution in [0, 0.1) is 0 Å². The van der Waals surface area contributed by atoms with Gasteiger partial charge in [-0.3, -0.25) is 4.79 Å². The zero-order valence-electron chi connectivity index (χ0n) is 10.7. The third-order valence-electron chi connectivity index (χ3n) is 3.25. The van der Waals surface area contributed by atoms with Crippen molar-refractivity contribution in [3.63, 3.8) is 0 Å². The standard InChI is InChI=1S/C11H17N3O4S/c1-2-3-4-19(17,18)14-6-9-8(12-7-13-9)5-10(14)11(15)16/h7,10H,2-6H2,1H3,(H,12,13)(H,15,16). The molecule has 2 rings (SSSR count). The normalized spacial score (nSPS) is 20.2. The molecule has 2 heterocycles. The highest BCUT2D eigenvalue weighted by Crippen LogP contribution is 2.24. The zero-order valence-corrected chi connectivity index (χ0v) is 11.5. The summed E-state index contributed by atoms with van der Waals surface area (Å²) in [7, 11) is -3.56. The summed E-state index contributed by atoms with van der Waals surface area (Å²) in [5.41, 5.74) is 1.31. The van der Waals surface area contributed by atoms with Crippen LogP contribution in [-0.4, -0.2) is 45.6 Å². The molecule has 0 aromatic carbocycles. The molecule has 8 heteroatoms. The monoisotopic (exact) mass is 287 g/mol. The lowest BCUT2D eigenvalue weighted by atomic mass is 10.1. The highest BCUT2D eigenvalue weighted by atomic mass is 32.2. The van der Waals surface area contributed by atoms with Gasteiger partial charge in [0, 0.05) is 6.42 Å². The predicted octanol–water partition coefficient (Wildman–Crippen LogP) is 0.351. The van der Waals surface area contributed by atoms with Crippen molar-refractivity contribution in [3.8, 4) is 0 Å². The van der Waals surface area contributed by atoms with E-state index in [1.165, 1.54) is 6.33 Å². The Kier molecular flexibility index (Phi) is 3.91. The fourth-order valence-electron chi connectivity index (χ4n) is 2.16. The molecule has 0 aliphatic carbocycles. The van der Waals surface area contributed by atoms with Crippen LogP contribution in [0.4, 0.5) is 0 Å². The molecule has 1 aromatic rings. The molecule has 0 bridgehead atoms. The Hall–Kier alpha value is -1.41. The predicted molar refractivity (Wildman–Crippen MR) is 68.0 cm³/mol. The smallest absolute Gasteiger partial charge is 0.322 e. The van der Waals surface area contributed by atoms with E-state index in [0.29, 0.717) is 17.8 Å². The minimum Gasteiger partial charge on any atom is -0.480 e. The van der Waals surface area contributed by atoms with E-state index in [1.807, 2.05) is 6.92 Å².